The molecule has 0 saturated carbocycles. The zero-order chi connectivity index (χ0) is 12.8. The summed E-state index contributed by atoms with van der Waals surface area (Å²) in [5, 5.41) is 0.975. The van der Waals surface area contributed by atoms with E-state index in [1.165, 1.54) is 0 Å². The number of hydrogen-bond acceptors (Lipinski definition) is 4. The van der Waals surface area contributed by atoms with Crippen molar-refractivity contribution in [3.05, 3.63) is 36.5 Å². The number of rotatable bonds is 5. The van der Waals surface area contributed by atoms with Crippen LogP contribution in [-0.4, -0.2) is 17.5 Å². The Balaban J connectivity index is 1.97. The SMILES string of the molecule is NNC(=O)CCCOc1cccc2ncccc12. The predicted molar refractivity (Wildman–Crippen MR) is 68.8 cm³/mol. The van der Waals surface area contributed by atoms with Crippen LogP contribution >= 0.6 is 0 Å². The van der Waals surface area contributed by atoms with Crippen LogP contribution in [0.15, 0.2) is 36.5 Å². The van der Waals surface area contributed by atoms with Gasteiger partial charge in [-0.2, -0.15) is 0 Å². The van der Waals surface area contributed by atoms with Crippen LogP contribution in [0.2, 0.25) is 0 Å². The first-order valence-electron chi connectivity index (χ1n) is 5.77. The number of carbonyl (C=O) groups excluding carboxylic acids is 1. The molecule has 1 aromatic heterocycles. The van der Waals surface area contributed by atoms with Crippen molar-refractivity contribution in [3.63, 3.8) is 0 Å². The number of carbonyl (C=O) groups is 1. The maximum Gasteiger partial charge on any atom is 0.234 e. The average molecular weight is 245 g/mol. The first-order chi connectivity index (χ1) is 8.81. The molecule has 0 radical (unpaired) electrons. The van der Waals surface area contributed by atoms with E-state index in [-0.39, 0.29) is 5.91 Å². The van der Waals surface area contributed by atoms with E-state index in [2.05, 4.69) is 10.4 Å². The largest absolute Gasteiger partial charge is 0.493 e. The lowest BCUT2D eigenvalue weighted by atomic mass is 10.2. The van der Waals surface area contributed by atoms with Crippen LogP contribution < -0.4 is 16.0 Å². The number of nitrogens with one attached hydrogen (secondary N) is 1. The van der Waals surface area contributed by atoms with Gasteiger partial charge in [-0.1, -0.05) is 6.07 Å². The van der Waals surface area contributed by atoms with Gasteiger partial charge in [0.15, 0.2) is 0 Å². The van der Waals surface area contributed by atoms with Crippen LogP contribution in [0.25, 0.3) is 10.9 Å². The number of aromatic nitrogens is 1. The molecule has 1 amide bonds. The van der Waals surface area contributed by atoms with E-state index in [0.29, 0.717) is 19.4 Å². The molecule has 0 aliphatic carbocycles. The highest BCUT2D eigenvalue weighted by atomic mass is 16.5. The molecule has 3 N–H and O–H groups in total. The van der Waals surface area contributed by atoms with Crippen molar-refractivity contribution in [2.45, 2.75) is 12.8 Å². The van der Waals surface area contributed by atoms with Crippen molar-refractivity contribution < 1.29 is 9.53 Å². The Kier molecular flexibility index (Phi) is 4.09. The molecule has 0 aliphatic heterocycles. The summed E-state index contributed by atoms with van der Waals surface area (Å²) >= 11 is 0. The highest BCUT2D eigenvalue weighted by Gasteiger charge is 2.03. The molecule has 0 spiro atoms. The topological polar surface area (TPSA) is 77.2 Å². The molecule has 0 fully saturated rings. The summed E-state index contributed by atoms with van der Waals surface area (Å²) in [7, 11) is 0. The standard InChI is InChI=1S/C13H15N3O2/c14-16-13(17)7-3-9-18-12-6-1-5-11-10(12)4-2-8-15-11/h1-2,4-6,8H,3,7,9,14H2,(H,16,17). The van der Waals surface area contributed by atoms with E-state index >= 15 is 0 Å². The number of hydrazine groups is 1. The van der Waals surface area contributed by atoms with Crippen molar-refractivity contribution in [3.8, 4) is 5.75 Å². The van der Waals surface area contributed by atoms with Crippen LogP contribution in [-0.2, 0) is 4.79 Å². The normalized spacial score (nSPS) is 10.3. The molecule has 2 rings (SSSR count). The maximum atomic E-state index is 10.9. The number of pyridine rings is 1. The first-order valence-corrected chi connectivity index (χ1v) is 5.77. The molecule has 94 valence electrons. The van der Waals surface area contributed by atoms with E-state index in [1.807, 2.05) is 30.3 Å². The zero-order valence-corrected chi connectivity index (χ0v) is 9.93. The molecule has 0 bridgehead atoms. The number of fused-ring (bicyclic) bond motifs is 1. The van der Waals surface area contributed by atoms with Crippen molar-refractivity contribution in [2.75, 3.05) is 6.61 Å². The Hall–Kier alpha value is -2.14. The third-order valence-corrected chi connectivity index (χ3v) is 2.57. The Labute approximate surface area is 105 Å². The number of benzene rings is 1. The first kappa shape index (κ1) is 12.3. The lowest BCUT2D eigenvalue weighted by molar-refractivity contribution is -0.121. The Morgan fingerprint density at radius 3 is 3.06 bits per heavy atom. The van der Waals surface area contributed by atoms with Gasteiger partial charge in [-0.05, 0) is 30.7 Å². The molecule has 2 aromatic rings. The van der Waals surface area contributed by atoms with Crippen LogP contribution in [0, 0.1) is 0 Å². The summed E-state index contributed by atoms with van der Waals surface area (Å²) in [5.74, 6) is 5.59. The molecule has 1 aromatic carbocycles. The second-order valence-corrected chi connectivity index (χ2v) is 3.85. The highest BCUT2D eigenvalue weighted by molar-refractivity contribution is 5.84. The van der Waals surface area contributed by atoms with Gasteiger partial charge in [-0.25, -0.2) is 5.84 Å². The molecule has 0 saturated heterocycles. The Morgan fingerprint density at radius 1 is 1.33 bits per heavy atom. The summed E-state index contributed by atoms with van der Waals surface area (Å²) in [6.07, 6.45) is 2.73. The molecule has 18 heavy (non-hydrogen) atoms. The minimum atomic E-state index is -0.182. The molecule has 0 unspecified atom stereocenters. The van der Waals surface area contributed by atoms with Gasteiger partial charge in [0.25, 0.3) is 0 Å². The summed E-state index contributed by atoms with van der Waals surface area (Å²) in [6.45, 7) is 0.474. The van der Waals surface area contributed by atoms with Crippen LogP contribution in [0.1, 0.15) is 12.8 Å². The molecule has 1 heterocycles. The fourth-order valence-corrected chi connectivity index (χ4v) is 1.69. The quantitative estimate of drug-likeness (QED) is 0.361. The van der Waals surface area contributed by atoms with E-state index in [1.54, 1.807) is 6.20 Å². The van der Waals surface area contributed by atoms with Gasteiger partial charge in [-0.3, -0.25) is 15.2 Å². The van der Waals surface area contributed by atoms with Crippen molar-refractivity contribution in [1.82, 2.24) is 10.4 Å². The Morgan fingerprint density at radius 2 is 2.22 bits per heavy atom. The molecular formula is C13H15N3O2. The smallest absolute Gasteiger partial charge is 0.234 e. The van der Waals surface area contributed by atoms with Gasteiger partial charge in [0, 0.05) is 18.0 Å². The van der Waals surface area contributed by atoms with Crippen molar-refractivity contribution in [1.29, 1.82) is 0 Å². The van der Waals surface area contributed by atoms with Gasteiger partial charge >= 0.3 is 0 Å². The molecule has 0 aliphatic rings. The minimum Gasteiger partial charge on any atom is -0.493 e. The predicted octanol–water partition coefficient (Wildman–Crippen LogP) is 1.38. The van der Waals surface area contributed by atoms with E-state index in [4.69, 9.17) is 10.6 Å². The summed E-state index contributed by atoms with van der Waals surface area (Å²) < 4.78 is 5.65. The van der Waals surface area contributed by atoms with E-state index in [0.717, 1.165) is 16.7 Å². The van der Waals surface area contributed by atoms with E-state index < -0.39 is 0 Å². The van der Waals surface area contributed by atoms with Crippen LogP contribution in [0.3, 0.4) is 0 Å². The highest BCUT2D eigenvalue weighted by Crippen LogP contribution is 2.23. The maximum absolute atomic E-state index is 10.9. The second kappa shape index (κ2) is 5.97. The minimum absolute atomic E-state index is 0.182. The number of nitrogens with two attached hydrogens (primary N) is 1. The fraction of sp³-hybridized carbons (Fsp3) is 0.231. The lowest BCUT2D eigenvalue weighted by Crippen LogP contribution is -2.29. The summed E-state index contributed by atoms with van der Waals surface area (Å²) in [5.41, 5.74) is 2.99. The van der Waals surface area contributed by atoms with E-state index in [9.17, 15) is 4.79 Å². The monoisotopic (exact) mass is 245 g/mol. The molecule has 0 atom stereocenters. The van der Waals surface area contributed by atoms with Gasteiger partial charge < -0.3 is 4.74 Å². The van der Waals surface area contributed by atoms with Gasteiger partial charge in [-0.15, -0.1) is 0 Å². The number of amides is 1. The third kappa shape index (κ3) is 2.95. The zero-order valence-electron chi connectivity index (χ0n) is 9.93. The second-order valence-electron chi connectivity index (χ2n) is 3.85. The third-order valence-electron chi connectivity index (χ3n) is 2.57. The fourth-order valence-electron chi connectivity index (χ4n) is 1.69. The number of ether oxygens (including phenoxy) is 1. The molecule has 5 heteroatoms. The molecular weight excluding hydrogens is 230 g/mol. The van der Waals surface area contributed by atoms with Gasteiger partial charge in [0.05, 0.1) is 12.1 Å². The van der Waals surface area contributed by atoms with Crippen LogP contribution in [0.5, 0.6) is 5.75 Å². The van der Waals surface area contributed by atoms with Crippen LogP contribution in [0.4, 0.5) is 0 Å². The van der Waals surface area contributed by atoms with Crippen molar-refractivity contribution >= 4 is 16.8 Å². The Bertz CT molecular complexity index is 537. The lowest BCUT2D eigenvalue weighted by Gasteiger charge is -2.08. The number of nitrogens with zero attached hydrogens (tertiary/aromatic N) is 1. The van der Waals surface area contributed by atoms with Gasteiger partial charge in [0.2, 0.25) is 5.91 Å². The summed E-state index contributed by atoms with van der Waals surface area (Å²) in [6, 6.07) is 9.57. The molecule has 5 nitrogen and oxygen atoms in total. The summed E-state index contributed by atoms with van der Waals surface area (Å²) in [4.78, 5) is 15.2. The average Bonchev–Trinajstić information content (AvgIpc) is 2.43. The number of hydrogen-bond donors (Lipinski definition) is 2. The van der Waals surface area contributed by atoms with Crippen molar-refractivity contribution in [2.24, 2.45) is 5.84 Å². The van der Waals surface area contributed by atoms with Gasteiger partial charge in [0.1, 0.15) is 5.75 Å².